The van der Waals surface area contributed by atoms with E-state index in [0.29, 0.717) is 0 Å². The number of hydrogen-bond acceptors (Lipinski definition) is 2. The van der Waals surface area contributed by atoms with Crippen molar-refractivity contribution in [3.63, 3.8) is 0 Å². The van der Waals surface area contributed by atoms with Crippen molar-refractivity contribution in [3.8, 4) is 0 Å². The van der Waals surface area contributed by atoms with Crippen molar-refractivity contribution in [2.75, 3.05) is 0 Å². The molecule has 4 heavy (non-hydrogen) atoms. The van der Waals surface area contributed by atoms with E-state index in [0.717, 1.165) is 0 Å². The molecule has 0 aromatic carbocycles. The van der Waals surface area contributed by atoms with Gasteiger partial charge in [0.1, 0.15) is 0 Å². The van der Waals surface area contributed by atoms with Crippen LogP contribution in [0.5, 0.6) is 0 Å². The molecular weight excluding hydrogens is 175 g/mol. The molecule has 0 fully saturated rings. The Morgan fingerprint density at radius 3 is 1.25 bits per heavy atom. The van der Waals surface area contributed by atoms with Crippen LogP contribution < -0.4 is 0 Å². The van der Waals surface area contributed by atoms with Crippen LogP contribution in [0.25, 0.3) is 0 Å². The number of rotatable bonds is 0. The average Bonchev–Trinajstić information content (AvgIpc) is 1.50. The molecule has 1 nitrogen and oxygen atoms in total. The Morgan fingerprint density at radius 1 is 1.25 bits per heavy atom. The zero-order chi connectivity index (χ0) is 4.00. The normalized spacial score (nSPS) is 3.00. The van der Waals surface area contributed by atoms with E-state index in [1.165, 1.54) is 0 Å². The molecule has 0 amide bonds. The van der Waals surface area contributed by atoms with E-state index in [4.69, 9.17) is 3.83 Å². The molecule has 0 unspecified atom stereocenters. The fourth-order valence-electron chi connectivity index (χ4n) is 0. The molecule has 0 saturated heterocycles. The fourth-order valence-corrected chi connectivity index (χ4v) is 0. The van der Waals surface area contributed by atoms with E-state index in [1.54, 1.807) is 0 Å². The fraction of sp³-hybridized carbons (Fsp3) is 0. The molecule has 0 spiro atoms. The van der Waals surface area contributed by atoms with Crippen LogP contribution in [-0.2, 0) is 34.2 Å². The summed E-state index contributed by atoms with van der Waals surface area (Å²) < 4.78 is 7.81. The van der Waals surface area contributed by atoms with Gasteiger partial charge in [0.05, 0.1) is 0 Å². The zero-order valence-electron chi connectivity index (χ0n) is 1.42. The van der Waals surface area contributed by atoms with Gasteiger partial charge in [0, 0.05) is 0 Å². The Kier molecular flexibility index (Phi) is 75.4. The minimum absolute atomic E-state index is 2.94. The van der Waals surface area contributed by atoms with Crippen molar-refractivity contribution >= 4 is 10.6 Å². The van der Waals surface area contributed by atoms with Crippen molar-refractivity contribution in [1.29, 1.82) is 0 Å². The molecule has 0 aliphatic rings. The van der Waals surface area contributed by atoms with E-state index in [9.17, 15) is 0 Å². The molecule has 0 aliphatic heterocycles. The van der Waals surface area contributed by atoms with Gasteiger partial charge in [-0.05, 0) is 0 Å². The third kappa shape index (κ3) is 11.6. The summed E-state index contributed by atoms with van der Waals surface area (Å²) in [6.07, 6.45) is 0. The third-order valence-electron chi connectivity index (χ3n) is 0. The van der Waals surface area contributed by atoms with Gasteiger partial charge in [0.25, 0.3) is 0 Å². The molecule has 0 saturated carbocycles. The molecule has 34 valence electrons. The second-order valence-corrected chi connectivity index (χ2v) is 0. The van der Waals surface area contributed by atoms with E-state index >= 15 is 0 Å². The third-order valence-corrected chi connectivity index (χ3v) is 0. The second-order valence-electron chi connectivity index (χ2n) is 0. The maximum absolute atomic E-state index is 7.81. The molecule has 0 radical (unpaired) electrons. The van der Waals surface area contributed by atoms with E-state index < -0.39 is 0 Å². The quantitative estimate of drug-likeness (QED) is 0.499. The molecule has 0 rings (SSSR count). The van der Waals surface area contributed by atoms with Crippen molar-refractivity contribution in [1.82, 2.24) is 0 Å². The summed E-state index contributed by atoms with van der Waals surface area (Å²) in [4.78, 5) is 0. The molecular formula is Cu2OS. The molecule has 0 aromatic heterocycles. The summed E-state index contributed by atoms with van der Waals surface area (Å²) in [5.74, 6) is 0. The average molecular weight is 175 g/mol. The predicted octanol–water partition coefficient (Wildman–Crippen LogP) is 0.524. The van der Waals surface area contributed by atoms with Crippen molar-refractivity contribution < 1.29 is 34.2 Å². The van der Waals surface area contributed by atoms with Crippen molar-refractivity contribution in [2.45, 2.75) is 0 Å². The van der Waals surface area contributed by atoms with Gasteiger partial charge >= 0.3 is 44.7 Å². The summed E-state index contributed by atoms with van der Waals surface area (Å²) in [6, 6.07) is 0. The standard InChI is InChI=1S/2Cu.O.S. The first kappa shape index (κ1) is 8.91. The molecule has 0 atom stereocenters. The van der Waals surface area contributed by atoms with Gasteiger partial charge < -0.3 is 0 Å². The van der Waals surface area contributed by atoms with E-state index in [-0.39, 0.29) is 0 Å². The van der Waals surface area contributed by atoms with Crippen LogP contribution >= 0.6 is 10.6 Å². The van der Waals surface area contributed by atoms with E-state index in [1.807, 2.05) is 0 Å². The van der Waals surface area contributed by atoms with Crippen molar-refractivity contribution in [3.05, 3.63) is 0 Å². The monoisotopic (exact) mass is 174 g/mol. The van der Waals surface area contributed by atoms with Gasteiger partial charge in [0.15, 0.2) is 0 Å². The van der Waals surface area contributed by atoms with Crippen LogP contribution in [-0.4, -0.2) is 0 Å². The van der Waals surface area contributed by atoms with Crippen LogP contribution in [0.3, 0.4) is 0 Å². The summed E-state index contributed by atoms with van der Waals surface area (Å²) in [5.41, 5.74) is 0. The molecule has 0 aliphatic carbocycles. The molecule has 0 bridgehead atoms. The van der Waals surface area contributed by atoms with Gasteiger partial charge in [-0.15, -0.1) is 0 Å². The molecule has 0 heterocycles. The topological polar surface area (TPSA) is 17.1 Å². The first-order valence-electron chi connectivity index (χ1n) is 0.246. The van der Waals surface area contributed by atoms with Gasteiger partial charge in [-0.25, -0.2) is 0 Å². The number of hydrogen-bond donors (Lipinski definition) is 0. The molecule has 0 aromatic rings. The SMILES string of the molecule is [O]=[Cu].[S]=[Cu]. The van der Waals surface area contributed by atoms with Gasteiger partial charge in [-0.3, -0.25) is 0 Å². The summed E-state index contributed by atoms with van der Waals surface area (Å²) >= 11 is 6.71. The Labute approximate surface area is 44.8 Å². The molecule has 0 N–H and O–H groups in total. The Balaban J connectivity index is 0. The van der Waals surface area contributed by atoms with Crippen LogP contribution in [0, 0.1) is 0 Å². The first-order chi connectivity index (χ1) is 2.00. The zero-order valence-corrected chi connectivity index (χ0v) is 4.12. The summed E-state index contributed by atoms with van der Waals surface area (Å²) in [6.45, 7) is 0. The van der Waals surface area contributed by atoms with Gasteiger partial charge in [-0.1, -0.05) is 0 Å². The van der Waals surface area contributed by atoms with Gasteiger partial charge in [-0.2, -0.15) is 0 Å². The first-order valence-corrected chi connectivity index (χ1v) is 2.03. The Morgan fingerprint density at radius 2 is 1.25 bits per heavy atom. The maximum atomic E-state index is 7.81. The van der Waals surface area contributed by atoms with Crippen LogP contribution in [0.2, 0.25) is 0 Å². The predicted molar refractivity (Wildman–Crippen MR) is 8.28 cm³/mol. The molecule has 4 heteroatoms. The van der Waals surface area contributed by atoms with Crippen LogP contribution in [0.1, 0.15) is 0 Å². The van der Waals surface area contributed by atoms with E-state index in [2.05, 4.69) is 40.9 Å². The van der Waals surface area contributed by atoms with Crippen LogP contribution in [0.15, 0.2) is 0 Å². The van der Waals surface area contributed by atoms with Crippen molar-refractivity contribution in [2.24, 2.45) is 0 Å². The summed E-state index contributed by atoms with van der Waals surface area (Å²) in [7, 11) is 3.65. The second kappa shape index (κ2) is 33.9. The minimum atomic E-state index is 2.94. The van der Waals surface area contributed by atoms with Gasteiger partial charge in [0.2, 0.25) is 0 Å². The Bertz CT molecular complexity index is 8.00. The Hall–Kier alpha value is 1.06. The summed E-state index contributed by atoms with van der Waals surface area (Å²) in [5, 5.41) is 0. The van der Waals surface area contributed by atoms with Crippen LogP contribution in [0.4, 0.5) is 0 Å².